The first-order chi connectivity index (χ1) is 10.1. The summed E-state index contributed by atoms with van der Waals surface area (Å²) in [6.07, 6.45) is 0. The van der Waals surface area contributed by atoms with Crippen LogP contribution in [0.5, 0.6) is 0 Å². The van der Waals surface area contributed by atoms with Gasteiger partial charge in [-0.25, -0.2) is 0 Å². The first-order valence-corrected chi connectivity index (χ1v) is 8.09. The van der Waals surface area contributed by atoms with Crippen molar-refractivity contribution in [2.24, 2.45) is 0 Å². The average Bonchev–Trinajstić information content (AvgIpc) is 2.49. The highest BCUT2D eigenvalue weighted by atomic mass is 32.2. The lowest BCUT2D eigenvalue weighted by Crippen LogP contribution is -2.28. The first kappa shape index (κ1) is 15.6. The van der Waals surface area contributed by atoms with Crippen LogP contribution in [-0.2, 0) is 4.79 Å². The molecule has 0 spiro atoms. The van der Waals surface area contributed by atoms with Gasteiger partial charge in [0.25, 0.3) is 0 Å². The van der Waals surface area contributed by atoms with Gasteiger partial charge in [-0.15, -0.1) is 11.8 Å². The van der Waals surface area contributed by atoms with Crippen LogP contribution in [0.3, 0.4) is 0 Å². The van der Waals surface area contributed by atoms with Crippen molar-refractivity contribution in [3.05, 3.63) is 65.2 Å². The standard InChI is InChI=1S/C18H21NOS/c1-13-9-10-14(2)17(11-13)21-12-18(20)19-15(3)16-7-5-4-6-8-16/h4-11,15H,12H2,1-3H3,(H,19,20). The second kappa shape index (κ2) is 7.32. The summed E-state index contributed by atoms with van der Waals surface area (Å²) in [7, 11) is 0. The van der Waals surface area contributed by atoms with Crippen molar-refractivity contribution in [2.75, 3.05) is 5.75 Å². The van der Waals surface area contributed by atoms with E-state index in [0.29, 0.717) is 5.75 Å². The maximum atomic E-state index is 12.1. The lowest BCUT2D eigenvalue weighted by atomic mass is 10.1. The van der Waals surface area contributed by atoms with E-state index >= 15 is 0 Å². The van der Waals surface area contributed by atoms with Crippen LogP contribution < -0.4 is 5.32 Å². The van der Waals surface area contributed by atoms with Gasteiger partial charge in [0.05, 0.1) is 11.8 Å². The highest BCUT2D eigenvalue weighted by Crippen LogP contribution is 2.23. The lowest BCUT2D eigenvalue weighted by molar-refractivity contribution is -0.119. The van der Waals surface area contributed by atoms with Crippen LogP contribution in [0.25, 0.3) is 0 Å². The van der Waals surface area contributed by atoms with Crippen molar-refractivity contribution in [1.29, 1.82) is 0 Å². The summed E-state index contributed by atoms with van der Waals surface area (Å²) in [4.78, 5) is 13.2. The smallest absolute Gasteiger partial charge is 0.230 e. The molecule has 2 aromatic carbocycles. The van der Waals surface area contributed by atoms with Crippen LogP contribution in [-0.4, -0.2) is 11.7 Å². The van der Waals surface area contributed by atoms with Gasteiger partial charge in [-0.2, -0.15) is 0 Å². The number of aryl methyl sites for hydroxylation is 2. The zero-order valence-corrected chi connectivity index (χ0v) is 13.5. The van der Waals surface area contributed by atoms with E-state index in [0.717, 1.165) is 5.56 Å². The Morgan fingerprint density at radius 2 is 1.86 bits per heavy atom. The molecule has 0 radical (unpaired) electrons. The molecule has 21 heavy (non-hydrogen) atoms. The van der Waals surface area contributed by atoms with Crippen LogP contribution in [0.4, 0.5) is 0 Å². The number of carbonyl (C=O) groups is 1. The number of amides is 1. The summed E-state index contributed by atoms with van der Waals surface area (Å²) in [6.45, 7) is 6.16. The van der Waals surface area contributed by atoms with E-state index in [2.05, 4.69) is 37.4 Å². The third-order valence-corrected chi connectivity index (χ3v) is 4.54. The zero-order valence-electron chi connectivity index (χ0n) is 12.7. The molecular formula is C18H21NOS. The van der Waals surface area contributed by atoms with Gasteiger partial charge >= 0.3 is 0 Å². The topological polar surface area (TPSA) is 29.1 Å². The summed E-state index contributed by atoms with van der Waals surface area (Å²) in [5.41, 5.74) is 3.57. The molecule has 1 N–H and O–H groups in total. The average molecular weight is 299 g/mol. The molecule has 1 atom stereocenters. The van der Waals surface area contributed by atoms with Crippen molar-refractivity contribution in [2.45, 2.75) is 31.7 Å². The molecule has 0 saturated heterocycles. The highest BCUT2D eigenvalue weighted by molar-refractivity contribution is 8.00. The number of hydrogen-bond acceptors (Lipinski definition) is 2. The van der Waals surface area contributed by atoms with Crippen LogP contribution in [0.1, 0.15) is 29.7 Å². The molecule has 0 heterocycles. The van der Waals surface area contributed by atoms with Gasteiger partial charge in [0.15, 0.2) is 0 Å². The van der Waals surface area contributed by atoms with Crippen molar-refractivity contribution >= 4 is 17.7 Å². The van der Waals surface area contributed by atoms with Gasteiger partial charge in [-0.1, -0.05) is 48.0 Å². The van der Waals surface area contributed by atoms with Gasteiger partial charge in [0.2, 0.25) is 5.91 Å². The Morgan fingerprint density at radius 3 is 2.57 bits per heavy atom. The molecule has 0 saturated carbocycles. The lowest BCUT2D eigenvalue weighted by Gasteiger charge is -2.14. The fourth-order valence-corrected chi connectivity index (χ4v) is 3.05. The largest absolute Gasteiger partial charge is 0.349 e. The zero-order chi connectivity index (χ0) is 15.2. The summed E-state index contributed by atoms with van der Waals surface area (Å²) >= 11 is 1.59. The van der Waals surface area contributed by atoms with E-state index in [1.807, 2.05) is 37.3 Å². The molecule has 0 fully saturated rings. The van der Waals surface area contributed by atoms with E-state index < -0.39 is 0 Å². The van der Waals surface area contributed by atoms with Gasteiger partial charge in [-0.3, -0.25) is 4.79 Å². The minimum atomic E-state index is 0.0397. The summed E-state index contributed by atoms with van der Waals surface area (Å²) in [6, 6.07) is 16.4. The summed E-state index contributed by atoms with van der Waals surface area (Å²) in [5.74, 6) is 0.513. The van der Waals surface area contributed by atoms with Crippen molar-refractivity contribution in [3.63, 3.8) is 0 Å². The van der Waals surface area contributed by atoms with Gasteiger partial charge in [-0.05, 0) is 38.0 Å². The van der Waals surface area contributed by atoms with Crippen LogP contribution in [0.2, 0.25) is 0 Å². The number of thioether (sulfide) groups is 1. The predicted molar refractivity (Wildman–Crippen MR) is 89.6 cm³/mol. The summed E-state index contributed by atoms with van der Waals surface area (Å²) < 4.78 is 0. The molecule has 0 aliphatic rings. The van der Waals surface area contributed by atoms with Crippen molar-refractivity contribution in [3.8, 4) is 0 Å². The molecule has 0 bridgehead atoms. The van der Waals surface area contributed by atoms with Gasteiger partial charge in [0.1, 0.15) is 0 Å². The Hall–Kier alpha value is -1.74. The second-order valence-corrected chi connectivity index (χ2v) is 6.27. The number of benzene rings is 2. The van der Waals surface area contributed by atoms with Gasteiger partial charge in [0, 0.05) is 4.90 Å². The SMILES string of the molecule is Cc1ccc(C)c(SCC(=O)NC(C)c2ccccc2)c1. The van der Waals surface area contributed by atoms with Crippen molar-refractivity contribution in [1.82, 2.24) is 5.32 Å². The Morgan fingerprint density at radius 1 is 1.14 bits per heavy atom. The number of nitrogens with one attached hydrogen (secondary N) is 1. The minimum absolute atomic E-state index is 0.0397. The van der Waals surface area contributed by atoms with E-state index in [-0.39, 0.29) is 11.9 Å². The minimum Gasteiger partial charge on any atom is -0.349 e. The van der Waals surface area contributed by atoms with E-state index in [9.17, 15) is 4.79 Å². The first-order valence-electron chi connectivity index (χ1n) is 7.10. The molecule has 2 rings (SSSR count). The number of hydrogen-bond donors (Lipinski definition) is 1. The molecular weight excluding hydrogens is 278 g/mol. The predicted octanol–water partition coefficient (Wildman–Crippen LogP) is 4.27. The molecule has 110 valence electrons. The van der Waals surface area contributed by atoms with E-state index in [1.165, 1.54) is 16.0 Å². The normalized spacial score (nSPS) is 12.0. The highest BCUT2D eigenvalue weighted by Gasteiger charge is 2.10. The molecule has 0 aliphatic carbocycles. The van der Waals surface area contributed by atoms with Gasteiger partial charge < -0.3 is 5.32 Å². The molecule has 1 unspecified atom stereocenters. The maximum absolute atomic E-state index is 12.1. The quantitative estimate of drug-likeness (QED) is 0.835. The molecule has 1 amide bonds. The molecule has 0 aromatic heterocycles. The van der Waals surface area contributed by atoms with Crippen LogP contribution in [0.15, 0.2) is 53.4 Å². The Balaban J connectivity index is 1.89. The molecule has 2 nitrogen and oxygen atoms in total. The molecule has 0 aliphatic heterocycles. The van der Waals surface area contributed by atoms with Crippen LogP contribution in [0, 0.1) is 13.8 Å². The third kappa shape index (κ3) is 4.64. The van der Waals surface area contributed by atoms with Crippen LogP contribution >= 0.6 is 11.8 Å². The second-order valence-electron chi connectivity index (χ2n) is 5.26. The molecule has 2 aromatic rings. The monoisotopic (exact) mass is 299 g/mol. The fraction of sp³-hybridized carbons (Fsp3) is 0.278. The van der Waals surface area contributed by atoms with E-state index in [1.54, 1.807) is 11.8 Å². The Bertz CT molecular complexity index is 610. The third-order valence-electron chi connectivity index (χ3n) is 3.38. The van der Waals surface area contributed by atoms with E-state index in [4.69, 9.17) is 0 Å². The number of carbonyl (C=O) groups excluding carboxylic acids is 1. The summed E-state index contributed by atoms with van der Waals surface area (Å²) in [5, 5.41) is 3.04. The number of rotatable bonds is 5. The Kier molecular flexibility index (Phi) is 5.45. The fourth-order valence-electron chi connectivity index (χ4n) is 2.11. The Labute approximate surface area is 131 Å². The van der Waals surface area contributed by atoms with Crippen molar-refractivity contribution < 1.29 is 4.79 Å². The maximum Gasteiger partial charge on any atom is 0.230 e. The molecule has 3 heteroatoms.